The summed E-state index contributed by atoms with van der Waals surface area (Å²) in [5.74, 6) is 0.855. The molecule has 0 atom stereocenters. The standard InChI is InChI=1S/C19H19N3/c1-19(2,3)18-21-12-16(13-22-18)15-9-10-20-17(11-15)14-7-5-4-6-8-14/h4-13H,1-3H3. The Kier molecular flexibility index (Phi) is 3.72. The van der Waals surface area contributed by atoms with Gasteiger partial charge < -0.3 is 0 Å². The zero-order chi connectivity index (χ0) is 15.6. The maximum Gasteiger partial charge on any atom is 0.133 e. The molecule has 2 aromatic heterocycles. The summed E-state index contributed by atoms with van der Waals surface area (Å²) >= 11 is 0. The van der Waals surface area contributed by atoms with Gasteiger partial charge in [-0.1, -0.05) is 51.1 Å². The van der Waals surface area contributed by atoms with Gasteiger partial charge in [0.2, 0.25) is 0 Å². The maximum atomic E-state index is 4.50. The van der Waals surface area contributed by atoms with Gasteiger partial charge in [0.15, 0.2) is 0 Å². The SMILES string of the molecule is CC(C)(C)c1ncc(-c2ccnc(-c3ccccc3)c2)cn1. The molecule has 0 radical (unpaired) electrons. The molecule has 3 rings (SSSR count). The third-order valence-corrected chi connectivity index (χ3v) is 3.49. The minimum Gasteiger partial charge on any atom is -0.256 e. The Balaban J connectivity index is 1.96. The highest BCUT2D eigenvalue weighted by Crippen LogP contribution is 2.25. The number of hydrogen-bond donors (Lipinski definition) is 0. The monoisotopic (exact) mass is 289 g/mol. The number of benzene rings is 1. The van der Waals surface area contributed by atoms with E-state index in [0.717, 1.165) is 28.2 Å². The molecule has 3 heteroatoms. The van der Waals surface area contributed by atoms with Crippen molar-refractivity contribution in [2.24, 2.45) is 0 Å². The molecule has 0 aliphatic carbocycles. The van der Waals surface area contributed by atoms with Crippen LogP contribution in [0.1, 0.15) is 26.6 Å². The Morgan fingerprint density at radius 1 is 0.727 bits per heavy atom. The molecule has 0 N–H and O–H groups in total. The van der Waals surface area contributed by atoms with Crippen LogP contribution in [0.4, 0.5) is 0 Å². The van der Waals surface area contributed by atoms with Crippen LogP contribution in [-0.2, 0) is 5.41 Å². The molecule has 0 saturated carbocycles. The fourth-order valence-electron chi connectivity index (χ4n) is 2.24. The van der Waals surface area contributed by atoms with Crippen LogP contribution in [0.2, 0.25) is 0 Å². The number of pyridine rings is 1. The normalized spacial score (nSPS) is 11.4. The van der Waals surface area contributed by atoms with Gasteiger partial charge in [-0.25, -0.2) is 9.97 Å². The summed E-state index contributed by atoms with van der Waals surface area (Å²) in [6.45, 7) is 6.34. The van der Waals surface area contributed by atoms with Crippen molar-refractivity contribution in [3.8, 4) is 22.4 Å². The lowest BCUT2D eigenvalue weighted by molar-refractivity contribution is 0.545. The van der Waals surface area contributed by atoms with Crippen LogP contribution in [0.3, 0.4) is 0 Å². The molecule has 0 saturated heterocycles. The van der Waals surface area contributed by atoms with E-state index in [9.17, 15) is 0 Å². The van der Waals surface area contributed by atoms with Crippen molar-refractivity contribution in [2.45, 2.75) is 26.2 Å². The molecule has 2 heterocycles. The van der Waals surface area contributed by atoms with Crippen LogP contribution < -0.4 is 0 Å². The van der Waals surface area contributed by atoms with Crippen molar-refractivity contribution in [3.05, 3.63) is 66.9 Å². The second kappa shape index (κ2) is 5.68. The molecular weight excluding hydrogens is 270 g/mol. The summed E-state index contributed by atoms with van der Waals surface area (Å²) in [7, 11) is 0. The number of nitrogens with zero attached hydrogens (tertiary/aromatic N) is 3. The maximum absolute atomic E-state index is 4.50. The Hall–Kier alpha value is -2.55. The Morgan fingerprint density at radius 3 is 2.05 bits per heavy atom. The van der Waals surface area contributed by atoms with Crippen molar-refractivity contribution in [1.29, 1.82) is 0 Å². The smallest absolute Gasteiger partial charge is 0.133 e. The third-order valence-electron chi connectivity index (χ3n) is 3.49. The first-order valence-corrected chi connectivity index (χ1v) is 7.38. The quantitative estimate of drug-likeness (QED) is 0.697. The van der Waals surface area contributed by atoms with E-state index in [0.29, 0.717) is 0 Å². The molecule has 0 fully saturated rings. The summed E-state index contributed by atoms with van der Waals surface area (Å²) in [6.07, 6.45) is 5.60. The first-order chi connectivity index (χ1) is 10.5. The second-order valence-electron chi connectivity index (χ2n) is 6.34. The van der Waals surface area contributed by atoms with E-state index in [2.05, 4.69) is 53.9 Å². The molecule has 0 amide bonds. The van der Waals surface area contributed by atoms with Gasteiger partial charge in [-0.05, 0) is 17.7 Å². The fourth-order valence-corrected chi connectivity index (χ4v) is 2.24. The summed E-state index contributed by atoms with van der Waals surface area (Å²) < 4.78 is 0. The van der Waals surface area contributed by atoms with E-state index in [4.69, 9.17) is 0 Å². The minimum absolute atomic E-state index is 0.0357. The van der Waals surface area contributed by atoms with E-state index >= 15 is 0 Å². The van der Waals surface area contributed by atoms with E-state index < -0.39 is 0 Å². The van der Waals surface area contributed by atoms with Crippen molar-refractivity contribution in [3.63, 3.8) is 0 Å². The zero-order valence-electron chi connectivity index (χ0n) is 13.1. The molecule has 0 bridgehead atoms. The molecule has 0 aliphatic rings. The Morgan fingerprint density at radius 2 is 1.41 bits per heavy atom. The molecule has 22 heavy (non-hydrogen) atoms. The van der Waals surface area contributed by atoms with Gasteiger partial charge in [-0.2, -0.15) is 0 Å². The van der Waals surface area contributed by atoms with Crippen LogP contribution in [0.25, 0.3) is 22.4 Å². The van der Waals surface area contributed by atoms with Crippen molar-refractivity contribution >= 4 is 0 Å². The van der Waals surface area contributed by atoms with Gasteiger partial charge in [-0.15, -0.1) is 0 Å². The predicted molar refractivity (Wildman–Crippen MR) is 89.4 cm³/mol. The van der Waals surface area contributed by atoms with E-state index in [1.165, 1.54) is 0 Å². The summed E-state index contributed by atoms with van der Waals surface area (Å²) in [5, 5.41) is 0. The van der Waals surface area contributed by atoms with Gasteiger partial charge in [0.1, 0.15) is 5.82 Å². The van der Waals surface area contributed by atoms with E-state index in [-0.39, 0.29) is 5.41 Å². The number of hydrogen-bond acceptors (Lipinski definition) is 3. The lowest BCUT2D eigenvalue weighted by Crippen LogP contribution is -2.15. The molecule has 3 nitrogen and oxygen atoms in total. The van der Waals surface area contributed by atoms with Crippen molar-refractivity contribution in [1.82, 2.24) is 15.0 Å². The predicted octanol–water partition coefficient (Wildman–Crippen LogP) is 4.50. The average Bonchev–Trinajstić information content (AvgIpc) is 2.55. The van der Waals surface area contributed by atoms with Crippen molar-refractivity contribution in [2.75, 3.05) is 0 Å². The summed E-state index contributed by atoms with van der Waals surface area (Å²) in [5.41, 5.74) is 4.11. The topological polar surface area (TPSA) is 38.7 Å². The van der Waals surface area contributed by atoms with Crippen LogP contribution >= 0.6 is 0 Å². The highest BCUT2D eigenvalue weighted by molar-refractivity contribution is 5.69. The number of rotatable bonds is 2. The van der Waals surface area contributed by atoms with Crippen LogP contribution in [0.15, 0.2) is 61.1 Å². The molecule has 3 aromatic rings. The lowest BCUT2D eigenvalue weighted by atomic mass is 9.95. The average molecular weight is 289 g/mol. The van der Waals surface area contributed by atoms with Crippen LogP contribution in [-0.4, -0.2) is 15.0 Å². The van der Waals surface area contributed by atoms with Crippen molar-refractivity contribution < 1.29 is 0 Å². The molecule has 0 spiro atoms. The summed E-state index contributed by atoms with van der Waals surface area (Å²) in [4.78, 5) is 13.4. The van der Waals surface area contributed by atoms with E-state index in [1.54, 1.807) is 0 Å². The van der Waals surface area contributed by atoms with Gasteiger partial charge >= 0.3 is 0 Å². The highest BCUT2D eigenvalue weighted by Gasteiger charge is 2.16. The Bertz CT molecular complexity index is 757. The molecule has 0 aliphatic heterocycles. The zero-order valence-corrected chi connectivity index (χ0v) is 13.1. The van der Waals surface area contributed by atoms with Gasteiger partial charge in [0.25, 0.3) is 0 Å². The summed E-state index contributed by atoms with van der Waals surface area (Å²) in [6, 6.07) is 14.2. The van der Waals surface area contributed by atoms with Gasteiger partial charge in [0.05, 0.1) is 5.69 Å². The largest absolute Gasteiger partial charge is 0.256 e. The lowest BCUT2D eigenvalue weighted by Gasteiger charge is -2.16. The first kappa shape index (κ1) is 14.4. The van der Waals surface area contributed by atoms with Crippen LogP contribution in [0, 0.1) is 0 Å². The number of aromatic nitrogens is 3. The Labute approximate surface area is 131 Å². The third kappa shape index (κ3) is 3.03. The molecule has 1 aromatic carbocycles. The van der Waals surface area contributed by atoms with Gasteiger partial charge in [0, 0.05) is 35.1 Å². The fraction of sp³-hybridized carbons (Fsp3) is 0.211. The second-order valence-corrected chi connectivity index (χ2v) is 6.34. The minimum atomic E-state index is -0.0357. The first-order valence-electron chi connectivity index (χ1n) is 7.38. The van der Waals surface area contributed by atoms with Crippen LogP contribution in [0.5, 0.6) is 0 Å². The highest BCUT2D eigenvalue weighted by atomic mass is 14.9. The molecule has 110 valence electrons. The van der Waals surface area contributed by atoms with Gasteiger partial charge in [-0.3, -0.25) is 4.98 Å². The molecular formula is C19H19N3. The molecule has 0 unspecified atom stereocenters. The van der Waals surface area contributed by atoms with E-state index in [1.807, 2.05) is 42.9 Å².